The van der Waals surface area contributed by atoms with Gasteiger partial charge in [0.2, 0.25) is 0 Å². The van der Waals surface area contributed by atoms with Crippen molar-refractivity contribution in [3.05, 3.63) is 35.9 Å². The maximum Gasteiger partial charge on any atom is 0.0254 e. The molecule has 0 saturated carbocycles. The minimum atomic E-state index is 1.11. The molecule has 0 spiro atoms. The lowest BCUT2D eigenvalue weighted by atomic mass is 10.2. The molecule has 0 fully saturated rings. The van der Waals surface area contributed by atoms with Crippen LogP contribution in [0.3, 0.4) is 0 Å². The lowest BCUT2D eigenvalue weighted by Gasteiger charge is -1.96. The zero-order valence-electron chi connectivity index (χ0n) is 10.0. The molecule has 0 bridgehead atoms. The Labute approximate surface area is 104 Å². The number of hydrogen-bond donors (Lipinski definition) is 0. The molecular weight excluding hydrogens is 212 g/mol. The van der Waals surface area contributed by atoms with Crippen LogP contribution in [-0.2, 0) is 0 Å². The summed E-state index contributed by atoms with van der Waals surface area (Å²) in [4.78, 5) is 0. The number of rotatable bonds is 6. The SMILES string of the molecule is CCCCCCCSC#Cc1ccccc1. The molecule has 0 N–H and O–H groups in total. The maximum atomic E-state index is 3.16. The minimum absolute atomic E-state index is 1.11. The summed E-state index contributed by atoms with van der Waals surface area (Å²) < 4.78 is 0. The van der Waals surface area contributed by atoms with Gasteiger partial charge in [0.15, 0.2) is 0 Å². The molecule has 16 heavy (non-hydrogen) atoms. The van der Waals surface area contributed by atoms with Gasteiger partial charge in [0, 0.05) is 11.3 Å². The van der Waals surface area contributed by atoms with Crippen molar-refractivity contribution in [2.45, 2.75) is 39.0 Å². The summed E-state index contributed by atoms with van der Waals surface area (Å²) in [5.74, 6) is 4.33. The highest BCUT2D eigenvalue weighted by Crippen LogP contribution is 2.07. The fraction of sp³-hybridized carbons (Fsp3) is 0.467. The van der Waals surface area contributed by atoms with Crippen LogP contribution in [0.5, 0.6) is 0 Å². The normalized spacial score (nSPS) is 9.56. The Morgan fingerprint density at radius 3 is 2.50 bits per heavy atom. The van der Waals surface area contributed by atoms with Crippen molar-refractivity contribution < 1.29 is 0 Å². The minimum Gasteiger partial charge on any atom is -0.0747 e. The lowest BCUT2D eigenvalue weighted by molar-refractivity contribution is 0.659. The van der Waals surface area contributed by atoms with Crippen molar-refractivity contribution in [1.29, 1.82) is 0 Å². The largest absolute Gasteiger partial charge is 0.0747 e. The Morgan fingerprint density at radius 1 is 1.00 bits per heavy atom. The van der Waals surface area contributed by atoms with E-state index >= 15 is 0 Å². The number of unbranched alkanes of at least 4 members (excludes halogenated alkanes) is 4. The monoisotopic (exact) mass is 232 g/mol. The summed E-state index contributed by atoms with van der Waals surface area (Å²) in [5, 5.41) is 3.16. The van der Waals surface area contributed by atoms with Gasteiger partial charge in [0.1, 0.15) is 0 Å². The molecule has 0 aliphatic carbocycles. The third kappa shape index (κ3) is 6.58. The van der Waals surface area contributed by atoms with Crippen molar-refractivity contribution in [2.24, 2.45) is 0 Å². The first-order valence-electron chi connectivity index (χ1n) is 6.11. The van der Waals surface area contributed by atoms with Gasteiger partial charge in [-0.25, -0.2) is 0 Å². The van der Waals surface area contributed by atoms with Gasteiger partial charge in [-0.2, -0.15) is 0 Å². The van der Waals surface area contributed by atoms with E-state index in [0.29, 0.717) is 0 Å². The van der Waals surface area contributed by atoms with Crippen LogP contribution in [0.1, 0.15) is 44.6 Å². The van der Waals surface area contributed by atoms with E-state index in [2.05, 4.69) is 30.2 Å². The molecule has 0 amide bonds. The average Bonchev–Trinajstić information content (AvgIpc) is 2.34. The Bertz CT molecular complexity index is 318. The van der Waals surface area contributed by atoms with E-state index in [0.717, 1.165) is 5.56 Å². The quantitative estimate of drug-likeness (QED) is 0.506. The fourth-order valence-electron chi connectivity index (χ4n) is 1.45. The molecule has 0 aliphatic rings. The smallest absolute Gasteiger partial charge is 0.0254 e. The Hall–Kier alpha value is -0.870. The summed E-state index contributed by atoms with van der Waals surface area (Å²) in [7, 11) is 0. The second kappa shape index (κ2) is 9.36. The van der Waals surface area contributed by atoms with E-state index in [4.69, 9.17) is 0 Å². The highest BCUT2D eigenvalue weighted by Gasteiger charge is 1.88. The molecular formula is C15H20S. The highest BCUT2D eigenvalue weighted by molar-refractivity contribution is 8.03. The van der Waals surface area contributed by atoms with E-state index in [9.17, 15) is 0 Å². The molecule has 0 heterocycles. The predicted octanol–water partition coefficient (Wildman–Crippen LogP) is 4.70. The van der Waals surface area contributed by atoms with Crippen LogP contribution < -0.4 is 0 Å². The lowest BCUT2D eigenvalue weighted by Crippen LogP contribution is -1.79. The van der Waals surface area contributed by atoms with E-state index in [-0.39, 0.29) is 0 Å². The summed E-state index contributed by atoms with van der Waals surface area (Å²) in [6.07, 6.45) is 6.73. The van der Waals surface area contributed by atoms with Crippen molar-refractivity contribution >= 4 is 11.8 Å². The molecule has 0 nitrogen and oxygen atoms in total. The Kier molecular flexibility index (Phi) is 7.72. The molecule has 0 aliphatic heterocycles. The van der Waals surface area contributed by atoms with Gasteiger partial charge in [-0.1, -0.05) is 68.5 Å². The van der Waals surface area contributed by atoms with Crippen LogP contribution in [0, 0.1) is 11.2 Å². The Balaban J connectivity index is 2.05. The zero-order valence-corrected chi connectivity index (χ0v) is 10.9. The van der Waals surface area contributed by atoms with Crippen molar-refractivity contribution in [2.75, 3.05) is 5.75 Å². The van der Waals surface area contributed by atoms with Gasteiger partial charge in [0.25, 0.3) is 0 Å². The molecule has 0 aromatic heterocycles. The van der Waals surface area contributed by atoms with Crippen LogP contribution >= 0.6 is 11.8 Å². The molecule has 1 aromatic carbocycles. The Morgan fingerprint density at radius 2 is 1.75 bits per heavy atom. The van der Waals surface area contributed by atoms with Crippen LogP contribution in [0.2, 0.25) is 0 Å². The van der Waals surface area contributed by atoms with Gasteiger partial charge in [0.05, 0.1) is 0 Å². The summed E-state index contributed by atoms with van der Waals surface area (Å²) in [5.41, 5.74) is 1.11. The van der Waals surface area contributed by atoms with Crippen LogP contribution in [-0.4, -0.2) is 5.75 Å². The van der Waals surface area contributed by atoms with Crippen LogP contribution in [0.15, 0.2) is 30.3 Å². The van der Waals surface area contributed by atoms with Gasteiger partial charge in [-0.15, -0.1) is 0 Å². The highest BCUT2D eigenvalue weighted by atomic mass is 32.2. The fourth-order valence-corrected chi connectivity index (χ4v) is 2.09. The standard InChI is InChI=1S/C15H20S/c1-2-3-4-5-9-13-16-14-12-15-10-7-6-8-11-15/h6-8,10-11H,2-5,9,13H2,1H3. The second-order valence-electron chi connectivity index (χ2n) is 3.86. The van der Waals surface area contributed by atoms with Crippen molar-refractivity contribution in [1.82, 2.24) is 0 Å². The van der Waals surface area contributed by atoms with Gasteiger partial charge in [-0.3, -0.25) is 0 Å². The topological polar surface area (TPSA) is 0 Å². The van der Waals surface area contributed by atoms with Crippen molar-refractivity contribution in [3.63, 3.8) is 0 Å². The van der Waals surface area contributed by atoms with Gasteiger partial charge >= 0.3 is 0 Å². The van der Waals surface area contributed by atoms with E-state index in [1.165, 1.54) is 37.9 Å². The molecule has 1 heteroatoms. The summed E-state index contributed by atoms with van der Waals surface area (Å²) >= 11 is 1.75. The molecule has 86 valence electrons. The first-order valence-corrected chi connectivity index (χ1v) is 7.10. The number of benzene rings is 1. The number of hydrogen-bond acceptors (Lipinski definition) is 1. The zero-order chi connectivity index (χ0) is 11.5. The van der Waals surface area contributed by atoms with Crippen LogP contribution in [0.4, 0.5) is 0 Å². The third-order valence-corrected chi connectivity index (χ3v) is 3.13. The van der Waals surface area contributed by atoms with E-state index in [1.54, 1.807) is 11.8 Å². The molecule has 0 radical (unpaired) electrons. The van der Waals surface area contributed by atoms with E-state index < -0.39 is 0 Å². The van der Waals surface area contributed by atoms with Crippen LogP contribution in [0.25, 0.3) is 0 Å². The molecule has 0 atom stereocenters. The average molecular weight is 232 g/mol. The van der Waals surface area contributed by atoms with Crippen molar-refractivity contribution in [3.8, 4) is 11.2 Å². The summed E-state index contributed by atoms with van der Waals surface area (Å²) in [6, 6.07) is 10.2. The maximum absolute atomic E-state index is 3.16. The predicted molar refractivity (Wildman–Crippen MR) is 74.5 cm³/mol. The second-order valence-corrected chi connectivity index (χ2v) is 4.76. The first-order chi connectivity index (χ1) is 7.93. The van der Waals surface area contributed by atoms with Gasteiger partial charge < -0.3 is 0 Å². The summed E-state index contributed by atoms with van der Waals surface area (Å²) in [6.45, 7) is 2.25. The molecule has 1 aromatic rings. The molecule has 1 rings (SSSR count). The first kappa shape index (κ1) is 13.2. The third-order valence-electron chi connectivity index (χ3n) is 2.39. The van der Waals surface area contributed by atoms with E-state index in [1.807, 2.05) is 18.2 Å². The number of thioether (sulfide) groups is 1. The molecule has 0 saturated heterocycles. The molecule has 0 unspecified atom stereocenters. The van der Waals surface area contributed by atoms with Gasteiger partial charge in [-0.05, 0) is 23.8 Å².